The normalized spacial score (nSPS) is 11.6. The molecule has 0 fully saturated rings. The van der Waals surface area contributed by atoms with Crippen molar-refractivity contribution in [1.29, 1.82) is 0 Å². The average molecular weight is 873 g/mol. The molecular formula is C52H56O12. The zero-order valence-corrected chi connectivity index (χ0v) is 37.1. The summed E-state index contributed by atoms with van der Waals surface area (Å²) in [5, 5.41) is 0. The first-order chi connectivity index (χ1) is 31.0. The summed E-state index contributed by atoms with van der Waals surface area (Å²) in [4.78, 5) is 53.4. The minimum absolute atomic E-state index is 0.0591. The summed E-state index contributed by atoms with van der Waals surface area (Å²) in [6, 6.07) is 15.2. The Hall–Kier alpha value is -7.08. The number of hydrogen-bond donors (Lipinski definition) is 0. The molecule has 336 valence electrons. The van der Waals surface area contributed by atoms with Crippen LogP contribution in [0.1, 0.15) is 94.5 Å². The Bertz CT molecular complexity index is 1980. The summed E-state index contributed by atoms with van der Waals surface area (Å²) in [6.45, 7) is 22.9. The molecule has 0 saturated heterocycles. The van der Waals surface area contributed by atoms with Crippen LogP contribution in [0.4, 0.5) is 19.2 Å². The van der Waals surface area contributed by atoms with Crippen molar-refractivity contribution in [1.82, 2.24) is 0 Å². The van der Waals surface area contributed by atoms with Crippen LogP contribution in [0.15, 0.2) is 99.2 Å². The summed E-state index contributed by atoms with van der Waals surface area (Å²) in [6.07, 6.45) is 5.51. The first-order valence-electron chi connectivity index (χ1n) is 21.4. The molecule has 0 amide bonds. The molecule has 0 aromatic heterocycles. The fourth-order valence-electron chi connectivity index (χ4n) is 7.76. The van der Waals surface area contributed by atoms with Crippen molar-refractivity contribution >= 4 is 24.6 Å². The van der Waals surface area contributed by atoms with Crippen LogP contribution < -0.4 is 18.9 Å². The molecule has 0 heterocycles. The third-order valence-electron chi connectivity index (χ3n) is 10.0. The number of benzene rings is 4. The molecule has 0 radical (unpaired) electrons. The van der Waals surface area contributed by atoms with E-state index in [0.29, 0.717) is 70.2 Å². The van der Waals surface area contributed by atoms with Gasteiger partial charge in [0.25, 0.3) is 0 Å². The number of hydrogen-bond acceptors (Lipinski definition) is 12. The highest BCUT2D eigenvalue weighted by molar-refractivity contribution is 5.71. The Morgan fingerprint density at radius 1 is 0.375 bits per heavy atom. The highest BCUT2D eigenvalue weighted by Crippen LogP contribution is 2.41. The van der Waals surface area contributed by atoms with Crippen LogP contribution in [-0.4, -0.2) is 51.0 Å². The van der Waals surface area contributed by atoms with Crippen LogP contribution in [0.3, 0.4) is 0 Å². The third-order valence-corrected chi connectivity index (χ3v) is 10.0. The zero-order chi connectivity index (χ0) is 46.2. The van der Waals surface area contributed by atoms with Crippen molar-refractivity contribution in [3.05, 3.63) is 166 Å². The van der Waals surface area contributed by atoms with E-state index >= 15 is 0 Å². The lowest BCUT2D eigenvalue weighted by molar-refractivity contribution is 0.102. The van der Waals surface area contributed by atoms with Gasteiger partial charge in [-0.05, 0) is 75.6 Å². The lowest BCUT2D eigenvalue weighted by atomic mass is 9.87. The molecule has 5 rings (SSSR count). The second-order valence-corrected chi connectivity index (χ2v) is 14.8. The summed E-state index contributed by atoms with van der Waals surface area (Å²) in [5.41, 5.74) is 7.82. The second kappa shape index (κ2) is 23.4. The molecule has 12 nitrogen and oxygen atoms in total. The average Bonchev–Trinajstić information content (AvgIpc) is 3.23. The van der Waals surface area contributed by atoms with E-state index in [-0.39, 0.29) is 75.1 Å². The van der Waals surface area contributed by atoms with Crippen LogP contribution in [0.2, 0.25) is 0 Å². The zero-order valence-electron chi connectivity index (χ0n) is 37.1. The van der Waals surface area contributed by atoms with Crippen LogP contribution in [0.25, 0.3) is 0 Å². The molecule has 12 heteroatoms. The molecule has 0 unspecified atom stereocenters. The molecule has 8 bridgehead atoms. The minimum atomic E-state index is -0.924. The molecule has 0 spiro atoms. The van der Waals surface area contributed by atoms with E-state index in [2.05, 4.69) is 26.3 Å². The third kappa shape index (κ3) is 12.5. The van der Waals surface area contributed by atoms with Gasteiger partial charge in [0, 0.05) is 70.2 Å². The van der Waals surface area contributed by atoms with Gasteiger partial charge in [-0.2, -0.15) is 0 Å². The quantitative estimate of drug-likeness (QED) is 0.0403. The van der Waals surface area contributed by atoms with Gasteiger partial charge < -0.3 is 37.9 Å². The smallest absolute Gasteiger partial charge is 0.434 e. The van der Waals surface area contributed by atoms with Crippen molar-refractivity contribution in [3.63, 3.8) is 0 Å². The van der Waals surface area contributed by atoms with E-state index in [0.717, 1.165) is 22.3 Å². The maximum Gasteiger partial charge on any atom is 0.513 e. The van der Waals surface area contributed by atoms with Crippen LogP contribution in [0.5, 0.6) is 23.0 Å². The van der Waals surface area contributed by atoms with Crippen molar-refractivity contribution in [2.24, 2.45) is 0 Å². The molecule has 0 aliphatic heterocycles. The molecule has 1 aliphatic rings. The monoisotopic (exact) mass is 872 g/mol. The van der Waals surface area contributed by atoms with Gasteiger partial charge in [0.1, 0.15) is 23.0 Å². The Morgan fingerprint density at radius 3 is 0.688 bits per heavy atom. The SMILES string of the molecule is C=CCc1cc2c(OC(=O)OCC)c(c1)Cc1cc(CC=C)cc(c1OC(=O)OCC)Cc1cc(CC=C)cc(c1OC(=O)OCC)Cc1cc(CC=C)cc(c1OC(=O)OCC)C2. The molecular weight excluding hydrogens is 817 g/mol. The van der Waals surface area contributed by atoms with Gasteiger partial charge in [0.05, 0.1) is 26.4 Å². The Kier molecular flexibility index (Phi) is 17.5. The molecule has 0 saturated carbocycles. The summed E-state index contributed by atoms with van der Waals surface area (Å²) in [7, 11) is 0. The molecule has 1 aliphatic carbocycles. The fourth-order valence-corrected chi connectivity index (χ4v) is 7.76. The lowest BCUT2D eigenvalue weighted by Gasteiger charge is -2.23. The number of rotatable bonds is 16. The number of carbonyl (C=O) groups excluding carboxylic acids is 4. The number of ether oxygens (including phenoxy) is 8. The van der Waals surface area contributed by atoms with E-state index in [1.807, 2.05) is 48.5 Å². The highest BCUT2D eigenvalue weighted by atomic mass is 16.7. The van der Waals surface area contributed by atoms with Crippen molar-refractivity contribution < 1.29 is 57.1 Å². The summed E-state index contributed by atoms with van der Waals surface area (Å²) < 4.78 is 45.7. The van der Waals surface area contributed by atoms with Crippen LogP contribution >= 0.6 is 0 Å². The van der Waals surface area contributed by atoms with Gasteiger partial charge in [0.15, 0.2) is 0 Å². The molecule has 4 aromatic rings. The van der Waals surface area contributed by atoms with Gasteiger partial charge in [-0.3, -0.25) is 0 Å². The topological polar surface area (TPSA) is 142 Å². The standard InChI is InChI=1S/C52H56O12/c1-9-17-33-21-37-29-39-23-34(18-10-2)25-41(46(39)62-50(54)58-14-6)31-43-27-36(20-12-4)28-44(48(43)64-52(56)60-16-8)32-42-26-35(19-11-3)24-40(47(42)63-51(55)59-15-7)30-38(22-33)45(37)61-49(53)57-13-5/h9-12,21-28H,1-4,13-20,29-32H2,5-8H3. The molecule has 4 aromatic carbocycles. The largest absolute Gasteiger partial charge is 0.513 e. The lowest BCUT2D eigenvalue weighted by Crippen LogP contribution is -2.17. The van der Waals surface area contributed by atoms with E-state index in [1.165, 1.54) is 0 Å². The molecule has 64 heavy (non-hydrogen) atoms. The number of allylic oxidation sites excluding steroid dienone is 4. The second-order valence-electron chi connectivity index (χ2n) is 14.8. The van der Waals surface area contributed by atoms with Crippen molar-refractivity contribution in [3.8, 4) is 23.0 Å². The van der Waals surface area contributed by atoms with Crippen molar-refractivity contribution in [2.45, 2.75) is 79.1 Å². The van der Waals surface area contributed by atoms with E-state index < -0.39 is 24.6 Å². The summed E-state index contributed by atoms with van der Waals surface area (Å²) >= 11 is 0. The van der Waals surface area contributed by atoms with Crippen LogP contribution in [0, 0.1) is 0 Å². The Balaban J connectivity index is 1.99. The predicted molar refractivity (Wildman–Crippen MR) is 243 cm³/mol. The van der Waals surface area contributed by atoms with Gasteiger partial charge in [0.2, 0.25) is 0 Å². The maximum absolute atomic E-state index is 13.3. The first kappa shape index (κ1) is 48.0. The fraction of sp³-hybridized carbons (Fsp3) is 0.308. The van der Waals surface area contributed by atoms with Gasteiger partial charge in [-0.15, -0.1) is 26.3 Å². The predicted octanol–water partition coefficient (Wildman–Crippen LogP) is 11.4. The van der Waals surface area contributed by atoms with E-state index in [1.54, 1.807) is 52.0 Å². The van der Waals surface area contributed by atoms with Gasteiger partial charge in [-0.1, -0.05) is 72.8 Å². The molecule has 0 N–H and O–H groups in total. The number of fused-ring (bicyclic) bond motifs is 8. The van der Waals surface area contributed by atoms with E-state index in [4.69, 9.17) is 37.9 Å². The Labute approximate surface area is 375 Å². The van der Waals surface area contributed by atoms with Gasteiger partial charge in [-0.25, -0.2) is 19.2 Å². The Morgan fingerprint density at radius 2 is 0.547 bits per heavy atom. The highest BCUT2D eigenvalue weighted by Gasteiger charge is 2.28. The number of carbonyl (C=O) groups is 4. The minimum Gasteiger partial charge on any atom is -0.434 e. The van der Waals surface area contributed by atoms with Gasteiger partial charge >= 0.3 is 24.6 Å². The first-order valence-corrected chi connectivity index (χ1v) is 21.4. The maximum atomic E-state index is 13.3. The van der Waals surface area contributed by atoms with Crippen LogP contribution in [-0.2, 0) is 70.3 Å². The van der Waals surface area contributed by atoms with Crippen molar-refractivity contribution in [2.75, 3.05) is 26.4 Å². The molecule has 0 atom stereocenters. The summed E-state index contributed by atoms with van der Waals surface area (Å²) in [5.74, 6) is 0.827. The van der Waals surface area contributed by atoms with E-state index in [9.17, 15) is 19.2 Å².